The molecule has 14 heteroatoms. The second-order valence-electron chi connectivity index (χ2n) is 23.9. The lowest BCUT2D eigenvalue weighted by Gasteiger charge is -2.25. The van der Waals surface area contributed by atoms with Gasteiger partial charge in [0.1, 0.15) is 0 Å². The van der Waals surface area contributed by atoms with E-state index in [0.29, 0.717) is 39.3 Å². The molecule has 14 N–H and O–H groups in total. The molecule has 0 saturated heterocycles. The summed E-state index contributed by atoms with van der Waals surface area (Å²) in [5.41, 5.74) is 23.0. The fourth-order valence-corrected chi connectivity index (χ4v) is 10.8. The number of carbonyl (C=O) groups is 2. The van der Waals surface area contributed by atoms with E-state index in [1.807, 2.05) is 0 Å². The van der Waals surface area contributed by atoms with E-state index in [0.717, 1.165) is 143 Å². The Kier molecular flexibility index (Phi) is 66.5. The lowest BCUT2D eigenvalue weighted by Crippen LogP contribution is -2.45. The zero-order valence-electron chi connectivity index (χ0n) is 54.5. The van der Waals surface area contributed by atoms with Crippen molar-refractivity contribution in [1.29, 1.82) is 0 Å². The van der Waals surface area contributed by atoms with Crippen molar-refractivity contribution in [2.45, 2.75) is 283 Å². The molecule has 2 atom stereocenters. The number of unbranched alkanes of at least 4 members (excludes halogenated alkanes) is 25. The first-order chi connectivity index (χ1) is 40.5. The van der Waals surface area contributed by atoms with Crippen molar-refractivity contribution in [3.05, 3.63) is 24.3 Å². The zero-order valence-corrected chi connectivity index (χ0v) is 54.5. The highest BCUT2D eigenvalue weighted by Gasteiger charge is 2.19. The normalized spacial score (nSPS) is 12.7. The maximum absolute atomic E-state index is 13.5. The molecule has 0 aromatic heterocycles. The van der Waals surface area contributed by atoms with Gasteiger partial charge in [0.05, 0.1) is 12.1 Å². The van der Waals surface area contributed by atoms with Crippen LogP contribution in [-0.2, 0) is 9.59 Å². The number of amides is 2. The third kappa shape index (κ3) is 58.4. The smallest absolute Gasteiger partial charge is 0.237 e. The Morgan fingerprint density at radius 3 is 0.915 bits per heavy atom. The fraction of sp³-hybridized carbons (Fsp3) is 0.912. The lowest BCUT2D eigenvalue weighted by atomic mass is 10.1. The van der Waals surface area contributed by atoms with Gasteiger partial charge < -0.3 is 64.6 Å². The number of nitrogens with one attached hydrogen (secondary N) is 6. The van der Waals surface area contributed by atoms with Gasteiger partial charge in [-0.2, -0.15) is 0 Å². The minimum Gasteiger partial charge on any atom is -0.355 e. The lowest BCUT2D eigenvalue weighted by molar-refractivity contribution is -0.124. The predicted molar refractivity (Wildman–Crippen MR) is 359 cm³/mol. The summed E-state index contributed by atoms with van der Waals surface area (Å²) in [6.07, 6.45) is 58.2. The van der Waals surface area contributed by atoms with Crippen LogP contribution in [0.4, 0.5) is 0 Å². The highest BCUT2D eigenvalue weighted by atomic mass is 16.2. The molecule has 0 aliphatic carbocycles. The van der Waals surface area contributed by atoms with Crippen LogP contribution in [0.5, 0.6) is 0 Å². The largest absolute Gasteiger partial charge is 0.355 e. The van der Waals surface area contributed by atoms with Crippen molar-refractivity contribution < 1.29 is 9.59 Å². The predicted octanol–water partition coefficient (Wildman–Crippen LogP) is 11.5. The molecule has 0 spiro atoms. The van der Waals surface area contributed by atoms with Crippen molar-refractivity contribution >= 4 is 11.8 Å². The van der Waals surface area contributed by atoms with Crippen LogP contribution in [0, 0.1) is 0 Å². The van der Waals surface area contributed by atoms with Crippen molar-refractivity contribution in [3.8, 4) is 0 Å². The number of allylic oxidation sites excluding steroid dienone is 4. The third-order valence-electron chi connectivity index (χ3n) is 16.1. The summed E-state index contributed by atoms with van der Waals surface area (Å²) in [6.45, 7) is 20.2. The summed E-state index contributed by atoms with van der Waals surface area (Å²) in [7, 11) is 0. The number of nitrogens with two attached hydrogens (primary N) is 4. The topological polar surface area (TPSA) is 217 Å². The van der Waals surface area contributed by atoms with Gasteiger partial charge in [0, 0.05) is 13.1 Å². The van der Waals surface area contributed by atoms with Gasteiger partial charge in [0.2, 0.25) is 11.8 Å². The summed E-state index contributed by atoms with van der Waals surface area (Å²) >= 11 is 0. The zero-order chi connectivity index (χ0) is 59.5. The van der Waals surface area contributed by atoms with Crippen LogP contribution < -0.4 is 54.8 Å². The number of nitrogens with zero attached hydrogens (tertiary/aromatic N) is 2. The van der Waals surface area contributed by atoms with E-state index in [1.165, 1.54) is 193 Å². The molecule has 2 unspecified atom stereocenters. The average Bonchev–Trinajstić information content (AvgIpc) is 3.48. The van der Waals surface area contributed by atoms with E-state index in [-0.39, 0.29) is 23.9 Å². The van der Waals surface area contributed by atoms with Gasteiger partial charge in [-0.15, -0.1) is 0 Å². The molecule has 0 aliphatic rings. The SMILES string of the molecule is CCCCCCCCC=CCCCCCCCCN(CCCCN(CCCCCCCCC=CCCCCCCCC)CCCNC(=O)C(CCCNCCCN)NCCCN)CCCNC(=O)C(CCCNCCCN)NCCCN. The molecule has 82 heavy (non-hydrogen) atoms. The third-order valence-corrected chi connectivity index (χ3v) is 16.1. The van der Waals surface area contributed by atoms with Crippen molar-refractivity contribution in [1.82, 2.24) is 41.7 Å². The molecule has 486 valence electrons. The van der Waals surface area contributed by atoms with Gasteiger partial charge in [-0.05, 0) is 246 Å². The van der Waals surface area contributed by atoms with E-state index in [9.17, 15) is 9.59 Å². The maximum atomic E-state index is 13.5. The molecule has 0 aliphatic heterocycles. The molecule has 0 rings (SSSR count). The number of rotatable bonds is 69. The van der Waals surface area contributed by atoms with E-state index in [4.69, 9.17) is 22.9 Å². The van der Waals surface area contributed by atoms with Gasteiger partial charge in [-0.25, -0.2) is 0 Å². The van der Waals surface area contributed by atoms with Crippen molar-refractivity contribution in [2.24, 2.45) is 22.9 Å². The van der Waals surface area contributed by atoms with Crippen LogP contribution in [0.3, 0.4) is 0 Å². The Morgan fingerprint density at radius 1 is 0.317 bits per heavy atom. The molecule has 0 aromatic carbocycles. The van der Waals surface area contributed by atoms with Crippen molar-refractivity contribution in [3.63, 3.8) is 0 Å². The minimum atomic E-state index is -0.193. The Morgan fingerprint density at radius 2 is 0.585 bits per heavy atom. The molecular formula is C68H142N12O2. The molecule has 0 bridgehead atoms. The highest BCUT2D eigenvalue weighted by molar-refractivity contribution is 5.82. The van der Waals surface area contributed by atoms with Gasteiger partial charge >= 0.3 is 0 Å². The Labute approximate surface area is 508 Å². The van der Waals surface area contributed by atoms with Crippen LogP contribution in [0.15, 0.2) is 24.3 Å². The first-order valence-corrected chi connectivity index (χ1v) is 35.5. The van der Waals surface area contributed by atoms with E-state index >= 15 is 0 Å². The molecular weight excluding hydrogens is 1020 g/mol. The van der Waals surface area contributed by atoms with Crippen LogP contribution in [0.1, 0.15) is 271 Å². The van der Waals surface area contributed by atoms with Gasteiger partial charge in [0.25, 0.3) is 0 Å². The minimum absolute atomic E-state index is 0.113. The average molecular weight is 1160 g/mol. The van der Waals surface area contributed by atoms with E-state index < -0.39 is 0 Å². The van der Waals surface area contributed by atoms with Gasteiger partial charge in [-0.3, -0.25) is 9.59 Å². The molecule has 0 saturated carbocycles. The Hall–Kier alpha value is -1.98. The Bertz CT molecular complexity index is 1240. The van der Waals surface area contributed by atoms with E-state index in [2.05, 4.69) is 79.9 Å². The standard InChI is InChI=1S/C68H142N12O2/c1-3-5-7-9-11-13-15-17-19-21-23-25-27-29-31-33-59-79(63-43-57-77-67(81)65(75-55-41-49-71)45-37-51-73-53-39-47-69)61-35-36-62-80(60-34-32-30-28-26-24-22-20-18-16-14-12-10-8-6-4-2)64-44-58-78-68(82)66(76-56-42-50-72)46-38-52-74-54-40-48-70/h17-20,65-66,73-76H,3-16,21-64,69-72H2,1-2H3,(H,77,81)(H,78,82). The summed E-state index contributed by atoms with van der Waals surface area (Å²) in [6, 6.07) is -0.387. The van der Waals surface area contributed by atoms with Crippen LogP contribution in [-0.4, -0.2) is 152 Å². The molecule has 0 heterocycles. The van der Waals surface area contributed by atoms with Crippen LogP contribution in [0.2, 0.25) is 0 Å². The van der Waals surface area contributed by atoms with Crippen LogP contribution >= 0.6 is 0 Å². The summed E-state index contributed by atoms with van der Waals surface area (Å²) in [5.74, 6) is 0.225. The maximum Gasteiger partial charge on any atom is 0.237 e. The highest BCUT2D eigenvalue weighted by Crippen LogP contribution is 2.14. The Balaban J connectivity index is 5.46. The first-order valence-electron chi connectivity index (χ1n) is 35.5. The number of carbonyl (C=O) groups excluding carboxylic acids is 2. The molecule has 0 radical (unpaired) electrons. The molecule has 2 amide bonds. The number of hydrogen-bond acceptors (Lipinski definition) is 12. The summed E-state index contributed by atoms with van der Waals surface area (Å²) in [4.78, 5) is 32.3. The molecule has 0 fully saturated rings. The van der Waals surface area contributed by atoms with Gasteiger partial charge in [0.15, 0.2) is 0 Å². The fourth-order valence-electron chi connectivity index (χ4n) is 10.8. The number of hydrogen-bond donors (Lipinski definition) is 10. The molecule has 14 nitrogen and oxygen atoms in total. The summed E-state index contributed by atoms with van der Waals surface area (Å²) in [5, 5.41) is 20.5. The second-order valence-corrected chi connectivity index (χ2v) is 23.9. The molecule has 0 aromatic rings. The summed E-state index contributed by atoms with van der Waals surface area (Å²) < 4.78 is 0. The monoisotopic (exact) mass is 1160 g/mol. The second kappa shape index (κ2) is 68.1. The first kappa shape index (κ1) is 80.0. The van der Waals surface area contributed by atoms with Crippen LogP contribution in [0.25, 0.3) is 0 Å². The van der Waals surface area contributed by atoms with Crippen molar-refractivity contribution in [2.75, 3.05) is 118 Å². The van der Waals surface area contributed by atoms with Gasteiger partial charge in [-0.1, -0.05) is 154 Å². The van der Waals surface area contributed by atoms with E-state index in [1.54, 1.807) is 0 Å². The quantitative estimate of drug-likeness (QED) is 0.0203.